The van der Waals surface area contributed by atoms with Crippen molar-refractivity contribution in [2.75, 3.05) is 0 Å². The number of halogens is 1. The Morgan fingerprint density at radius 3 is 2.31 bits per heavy atom. The van der Waals surface area contributed by atoms with Crippen LogP contribution in [0.4, 0.5) is 0 Å². The largest absolute Gasteiger partial charge is 0.245 e. The van der Waals surface area contributed by atoms with E-state index < -0.39 is 0 Å². The standard InChI is InChI=1S/C22H16ClN3/c23-20-8-4-7-19-18(20)13-14-26-22(19)24-21(25-26)17-11-9-16(10-12-17)15-5-2-1-3-6-15/h1-12H,13-14H2. The average molecular weight is 358 g/mol. The van der Waals surface area contributed by atoms with Crippen molar-refractivity contribution in [1.29, 1.82) is 0 Å². The number of hydrogen-bond acceptors (Lipinski definition) is 2. The lowest BCUT2D eigenvalue weighted by Crippen LogP contribution is -2.12. The summed E-state index contributed by atoms with van der Waals surface area (Å²) in [5.74, 6) is 1.66. The van der Waals surface area contributed by atoms with E-state index in [9.17, 15) is 0 Å². The molecule has 0 aliphatic carbocycles. The first-order valence-electron chi connectivity index (χ1n) is 8.68. The Hall–Kier alpha value is -2.91. The molecule has 4 aromatic rings. The van der Waals surface area contributed by atoms with Crippen LogP contribution in [-0.2, 0) is 13.0 Å². The highest BCUT2D eigenvalue weighted by molar-refractivity contribution is 6.31. The summed E-state index contributed by atoms with van der Waals surface area (Å²) in [5, 5.41) is 5.53. The first kappa shape index (κ1) is 15.4. The second-order valence-corrected chi connectivity index (χ2v) is 6.85. The van der Waals surface area contributed by atoms with Crippen LogP contribution in [0.5, 0.6) is 0 Å². The molecule has 3 aromatic carbocycles. The van der Waals surface area contributed by atoms with Gasteiger partial charge in [0.2, 0.25) is 0 Å². The van der Waals surface area contributed by atoms with Crippen molar-refractivity contribution in [3.05, 3.63) is 83.4 Å². The normalized spacial score (nSPS) is 12.5. The molecule has 0 saturated carbocycles. The van der Waals surface area contributed by atoms with Gasteiger partial charge >= 0.3 is 0 Å². The number of hydrogen-bond donors (Lipinski definition) is 0. The van der Waals surface area contributed by atoms with Crippen molar-refractivity contribution in [3.8, 4) is 33.9 Å². The maximum atomic E-state index is 6.35. The topological polar surface area (TPSA) is 30.7 Å². The van der Waals surface area contributed by atoms with E-state index in [1.165, 1.54) is 16.7 Å². The molecule has 0 fully saturated rings. The summed E-state index contributed by atoms with van der Waals surface area (Å²) in [6.07, 6.45) is 0.887. The summed E-state index contributed by atoms with van der Waals surface area (Å²) in [7, 11) is 0. The molecule has 0 N–H and O–H groups in total. The molecular formula is C22H16ClN3. The molecule has 4 heteroatoms. The zero-order valence-electron chi connectivity index (χ0n) is 14.1. The van der Waals surface area contributed by atoms with Crippen molar-refractivity contribution < 1.29 is 0 Å². The molecule has 2 heterocycles. The van der Waals surface area contributed by atoms with Gasteiger partial charge in [0, 0.05) is 22.7 Å². The second kappa shape index (κ2) is 6.11. The van der Waals surface area contributed by atoms with Crippen molar-refractivity contribution in [2.24, 2.45) is 0 Å². The van der Waals surface area contributed by atoms with Crippen LogP contribution in [-0.4, -0.2) is 14.8 Å². The molecule has 1 aliphatic heterocycles. The lowest BCUT2D eigenvalue weighted by molar-refractivity contribution is 0.607. The van der Waals surface area contributed by atoms with Crippen molar-refractivity contribution in [3.63, 3.8) is 0 Å². The number of fused-ring (bicyclic) bond motifs is 3. The molecule has 26 heavy (non-hydrogen) atoms. The number of benzene rings is 3. The molecule has 0 radical (unpaired) electrons. The molecule has 0 unspecified atom stereocenters. The summed E-state index contributed by atoms with van der Waals surface area (Å²) in [4.78, 5) is 4.80. The molecule has 1 aromatic heterocycles. The zero-order chi connectivity index (χ0) is 17.5. The average Bonchev–Trinajstić information content (AvgIpc) is 3.14. The number of aryl methyl sites for hydroxylation is 1. The molecule has 0 amide bonds. The molecule has 0 bridgehead atoms. The van der Waals surface area contributed by atoms with E-state index in [2.05, 4.69) is 54.6 Å². The van der Waals surface area contributed by atoms with Crippen molar-refractivity contribution >= 4 is 11.6 Å². The van der Waals surface area contributed by atoms with Gasteiger partial charge in [-0.3, -0.25) is 0 Å². The van der Waals surface area contributed by atoms with Crippen LogP contribution in [0.2, 0.25) is 5.02 Å². The second-order valence-electron chi connectivity index (χ2n) is 6.44. The Balaban J connectivity index is 1.53. The maximum absolute atomic E-state index is 6.35. The highest BCUT2D eigenvalue weighted by Crippen LogP contribution is 2.34. The summed E-state index contributed by atoms with van der Waals surface area (Å²) >= 11 is 6.35. The van der Waals surface area contributed by atoms with Gasteiger partial charge in [-0.1, -0.05) is 78.3 Å². The van der Waals surface area contributed by atoms with E-state index in [0.29, 0.717) is 0 Å². The molecular weight excluding hydrogens is 342 g/mol. The molecule has 126 valence electrons. The van der Waals surface area contributed by atoms with Crippen LogP contribution >= 0.6 is 11.6 Å². The third-order valence-electron chi connectivity index (χ3n) is 4.86. The first-order chi connectivity index (χ1) is 12.8. The quantitative estimate of drug-likeness (QED) is 0.475. The molecule has 1 aliphatic rings. The highest BCUT2D eigenvalue weighted by atomic mass is 35.5. The summed E-state index contributed by atoms with van der Waals surface area (Å²) in [5.41, 5.74) is 5.67. The Labute approximate surface area is 156 Å². The minimum Gasteiger partial charge on any atom is -0.245 e. The van der Waals surface area contributed by atoms with Gasteiger partial charge in [-0.05, 0) is 29.2 Å². The van der Waals surface area contributed by atoms with Crippen LogP contribution in [0.1, 0.15) is 5.56 Å². The fourth-order valence-corrected chi connectivity index (χ4v) is 3.77. The highest BCUT2D eigenvalue weighted by Gasteiger charge is 2.22. The predicted molar refractivity (Wildman–Crippen MR) is 105 cm³/mol. The van der Waals surface area contributed by atoms with Gasteiger partial charge in [-0.15, -0.1) is 0 Å². The molecule has 5 rings (SSSR count). The van der Waals surface area contributed by atoms with E-state index in [1.54, 1.807) is 0 Å². The van der Waals surface area contributed by atoms with Crippen molar-refractivity contribution in [1.82, 2.24) is 14.8 Å². The molecule has 0 saturated heterocycles. The van der Waals surface area contributed by atoms with Gasteiger partial charge in [0.25, 0.3) is 0 Å². The van der Waals surface area contributed by atoms with Gasteiger partial charge in [0.15, 0.2) is 11.6 Å². The minimum absolute atomic E-state index is 0.757. The lowest BCUT2D eigenvalue weighted by Gasteiger charge is -2.17. The van der Waals surface area contributed by atoms with E-state index in [4.69, 9.17) is 21.7 Å². The molecule has 0 spiro atoms. The first-order valence-corrected chi connectivity index (χ1v) is 9.06. The van der Waals surface area contributed by atoms with Crippen LogP contribution in [0.25, 0.3) is 33.9 Å². The third-order valence-corrected chi connectivity index (χ3v) is 5.21. The fraction of sp³-hybridized carbons (Fsp3) is 0.0909. The van der Waals surface area contributed by atoms with Crippen LogP contribution in [0.3, 0.4) is 0 Å². The number of nitrogens with zero attached hydrogens (tertiary/aromatic N) is 3. The predicted octanol–water partition coefficient (Wildman–Crippen LogP) is 5.49. The van der Waals surface area contributed by atoms with Gasteiger partial charge in [0.05, 0.1) is 0 Å². The lowest BCUT2D eigenvalue weighted by atomic mass is 10.0. The number of rotatable bonds is 2. The van der Waals surface area contributed by atoms with E-state index in [-0.39, 0.29) is 0 Å². The molecule has 3 nitrogen and oxygen atoms in total. The monoisotopic (exact) mass is 357 g/mol. The van der Waals surface area contributed by atoms with Gasteiger partial charge in [-0.25, -0.2) is 9.67 Å². The Kier molecular flexibility index (Phi) is 3.61. The van der Waals surface area contributed by atoms with E-state index >= 15 is 0 Å². The van der Waals surface area contributed by atoms with Gasteiger partial charge < -0.3 is 0 Å². The minimum atomic E-state index is 0.757. The third kappa shape index (κ3) is 2.52. The SMILES string of the molecule is Clc1cccc2c1CCn1nc(-c3ccc(-c4ccccc4)cc3)nc1-2. The summed E-state index contributed by atoms with van der Waals surface area (Å²) < 4.78 is 1.99. The Morgan fingerprint density at radius 2 is 1.50 bits per heavy atom. The van der Waals surface area contributed by atoms with E-state index in [1.807, 2.05) is 22.9 Å². The van der Waals surface area contributed by atoms with Crippen LogP contribution in [0, 0.1) is 0 Å². The van der Waals surface area contributed by atoms with Gasteiger partial charge in [0.1, 0.15) is 0 Å². The summed E-state index contributed by atoms with van der Waals surface area (Å²) in [6.45, 7) is 0.807. The van der Waals surface area contributed by atoms with Crippen molar-refractivity contribution in [2.45, 2.75) is 13.0 Å². The Bertz CT molecular complexity index is 1080. The smallest absolute Gasteiger partial charge is 0.181 e. The summed E-state index contributed by atoms with van der Waals surface area (Å²) in [6, 6.07) is 24.8. The zero-order valence-corrected chi connectivity index (χ0v) is 14.8. The van der Waals surface area contributed by atoms with Gasteiger partial charge in [-0.2, -0.15) is 5.10 Å². The van der Waals surface area contributed by atoms with Crippen LogP contribution in [0.15, 0.2) is 72.8 Å². The van der Waals surface area contributed by atoms with E-state index in [0.717, 1.165) is 40.8 Å². The number of aromatic nitrogens is 3. The van der Waals surface area contributed by atoms with Crippen LogP contribution < -0.4 is 0 Å². The fourth-order valence-electron chi connectivity index (χ4n) is 3.50. The maximum Gasteiger partial charge on any atom is 0.181 e. The molecule has 0 atom stereocenters. The Morgan fingerprint density at radius 1 is 0.769 bits per heavy atom.